The van der Waals surface area contributed by atoms with Gasteiger partial charge in [-0.15, -0.1) is 0 Å². The fraction of sp³-hybridized carbons (Fsp3) is 0.571. The van der Waals surface area contributed by atoms with Gasteiger partial charge in [0.25, 0.3) is 0 Å². The molecule has 0 spiro atoms. The van der Waals surface area contributed by atoms with Gasteiger partial charge >= 0.3 is 0 Å². The number of rotatable bonds is 9. The minimum atomic E-state index is -0.456. The summed E-state index contributed by atoms with van der Waals surface area (Å²) in [7, 11) is 0. The number of benzene rings is 1. The summed E-state index contributed by atoms with van der Waals surface area (Å²) in [5.74, 6) is -0.0561. The maximum Gasteiger partial charge on any atom is 0.164 e. The second kappa shape index (κ2) is 16.3. The Bertz CT molecular complexity index is 484. The van der Waals surface area contributed by atoms with Crippen LogP contribution in [0.4, 0.5) is 0 Å². The summed E-state index contributed by atoms with van der Waals surface area (Å²) >= 11 is 0. The molecule has 0 heterocycles. The molecule has 0 atom stereocenters. The van der Waals surface area contributed by atoms with Gasteiger partial charge < -0.3 is 5.11 Å². The molecule has 0 aliphatic heterocycles. The Labute approximate surface area is 173 Å². The van der Waals surface area contributed by atoms with E-state index in [9.17, 15) is 9.90 Å². The summed E-state index contributed by atoms with van der Waals surface area (Å²) < 4.78 is 0. The number of hydrogen-bond acceptors (Lipinski definition) is 4. The van der Waals surface area contributed by atoms with Crippen molar-refractivity contribution in [3.05, 3.63) is 42.0 Å². The van der Waals surface area contributed by atoms with E-state index in [2.05, 4.69) is 13.8 Å². The molecule has 0 radical (unpaired) electrons. The Morgan fingerprint density at radius 3 is 1.85 bits per heavy atom. The Morgan fingerprint density at radius 2 is 1.46 bits per heavy atom. The summed E-state index contributed by atoms with van der Waals surface area (Å²) in [4.78, 5) is 21.4. The number of ketones is 1. The van der Waals surface area contributed by atoms with Crippen molar-refractivity contribution in [2.24, 2.45) is 5.41 Å². The van der Waals surface area contributed by atoms with Gasteiger partial charge in [-0.25, -0.2) is 9.78 Å². The number of carbonyl (C=O) groups is 1. The van der Waals surface area contributed by atoms with E-state index in [-0.39, 0.29) is 33.3 Å². The fourth-order valence-electron chi connectivity index (χ4n) is 1.56. The molecule has 1 N–H and O–H groups in total. The fourth-order valence-corrected chi connectivity index (χ4v) is 1.56. The van der Waals surface area contributed by atoms with Crippen LogP contribution in [0.1, 0.15) is 65.9 Å². The third-order valence-corrected chi connectivity index (χ3v) is 3.32. The zero-order chi connectivity index (χ0) is 19.1. The van der Waals surface area contributed by atoms with Crippen LogP contribution in [0, 0.1) is 5.41 Å². The first-order valence-corrected chi connectivity index (χ1v) is 9.07. The molecule has 0 aliphatic carbocycles. The Morgan fingerprint density at radius 1 is 1.00 bits per heavy atom. The number of carbonyl (C=O) groups excluding carboxylic acids is 1. The number of hydrogen-bond donors (Lipinski definition) is 1. The van der Waals surface area contributed by atoms with Crippen LogP contribution in [-0.2, 0) is 36.3 Å². The van der Waals surface area contributed by atoms with Crippen molar-refractivity contribution in [2.75, 3.05) is 13.2 Å². The molecule has 0 saturated heterocycles. The van der Waals surface area contributed by atoms with Gasteiger partial charge in [0.2, 0.25) is 0 Å². The van der Waals surface area contributed by atoms with Gasteiger partial charge in [-0.2, -0.15) is 0 Å². The van der Waals surface area contributed by atoms with Crippen molar-refractivity contribution in [3.8, 4) is 0 Å². The van der Waals surface area contributed by atoms with Gasteiger partial charge in [-0.1, -0.05) is 77.8 Å². The zero-order valence-electron chi connectivity index (χ0n) is 16.9. The van der Waals surface area contributed by atoms with E-state index in [0.717, 1.165) is 38.9 Å². The average Bonchev–Trinajstić information content (AvgIpc) is 2.58. The van der Waals surface area contributed by atoms with E-state index < -0.39 is 5.41 Å². The third-order valence-electron chi connectivity index (χ3n) is 3.32. The second-order valence-electron chi connectivity index (χ2n) is 6.86. The van der Waals surface area contributed by atoms with Crippen molar-refractivity contribution in [2.45, 2.75) is 60.3 Å². The molecule has 5 heteroatoms. The van der Waals surface area contributed by atoms with Gasteiger partial charge in [0, 0.05) is 38.8 Å². The molecule has 1 aromatic carbocycles. The molecule has 0 amide bonds. The Hall–Kier alpha value is -0.936. The topological polar surface area (TPSA) is 55.8 Å². The molecular weight excluding hydrogens is 364 g/mol. The van der Waals surface area contributed by atoms with Crippen LogP contribution in [-0.4, -0.2) is 24.1 Å². The van der Waals surface area contributed by atoms with Crippen LogP contribution in [0.5, 0.6) is 0 Å². The predicted molar refractivity (Wildman–Crippen MR) is 103 cm³/mol. The smallest absolute Gasteiger partial charge is 0.164 e. The molecular formula is C21H34O4Ti. The van der Waals surface area contributed by atoms with Crippen LogP contribution in [0.3, 0.4) is 0 Å². The molecule has 1 rings (SSSR count). The number of allylic oxidation sites excluding steroid dienone is 1. The van der Waals surface area contributed by atoms with E-state index in [4.69, 9.17) is 9.78 Å². The van der Waals surface area contributed by atoms with Gasteiger partial charge in [-0.3, -0.25) is 4.79 Å². The van der Waals surface area contributed by atoms with Crippen LogP contribution in [0.15, 0.2) is 36.4 Å². The maximum absolute atomic E-state index is 11.6. The molecule has 0 unspecified atom stereocenters. The average molecular weight is 398 g/mol. The summed E-state index contributed by atoms with van der Waals surface area (Å²) in [5, 5.41) is 9.69. The standard InChI is InChI=1S/C13H16O2.C8H18O2.Ti/c1-13(2,3)12(15)9-11(14)10-7-5-4-6-8-10;1-3-5-7-9-10-8-6-4-2;/h4-9,14H,1-3H3;3-8H2,1-2H3;/b11-9-;;. The molecule has 0 aromatic heterocycles. The summed E-state index contributed by atoms with van der Waals surface area (Å²) in [6.07, 6.45) is 5.79. The van der Waals surface area contributed by atoms with E-state index in [0.29, 0.717) is 5.56 Å². The molecule has 26 heavy (non-hydrogen) atoms. The molecule has 0 aliphatic rings. The monoisotopic (exact) mass is 398 g/mol. The summed E-state index contributed by atoms with van der Waals surface area (Å²) in [6, 6.07) is 9.04. The van der Waals surface area contributed by atoms with E-state index >= 15 is 0 Å². The predicted octanol–water partition coefficient (Wildman–Crippen LogP) is 5.73. The van der Waals surface area contributed by atoms with Crippen molar-refractivity contribution in [1.82, 2.24) is 0 Å². The number of unbranched alkanes of at least 4 members (excludes halogenated alkanes) is 2. The van der Waals surface area contributed by atoms with E-state index in [1.165, 1.54) is 6.08 Å². The van der Waals surface area contributed by atoms with E-state index in [1.54, 1.807) is 12.1 Å². The van der Waals surface area contributed by atoms with Gasteiger partial charge in [0.1, 0.15) is 5.76 Å². The van der Waals surface area contributed by atoms with Crippen molar-refractivity contribution in [3.63, 3.8) is 0 Å². The SMILES string of the molecule is CC(C)(C)C(=O)/C=C(\O)c1ccccc1.CCCCOOCCCC.[Ti]. The Kier molecular flexibility index (Phi) is 17.1. The molecule has 146 valence electrons. The Balaban J connectivity index is 0. The quantitative estimate of drug-likeness (QED) is 0.144. The first kappa shape index (κ1) is 27.3. The minimum absolute atomic E-state index is 0. The third kappa shape index (κ3) is 14.3. The first-order valence-electron chi connectivity index (χ1n) is 9.07. The largest absolute Gasteiger partial charge is 0.507 e. The summed E-state index contributed by atoms with van der Waals surface area (Å²) in [5.41, 5.74) is 0.207. The normalized spacial score (nSPS) is 11.2. The molecule has 0 saturated carbocycles. The van der Waals surface area contributed by atoms with Crippen LogP contribution in [0.2, 0.25) is 0 Å². The zero-order valence-corrected chi connectivity index (χ0v) is 18.4. The molecule has 1 aromatic rings. The van der Waals surface area contributed by atoms with Crippen LogP contribution in [0.25, 0.3) is 5.76 Å². The van der Waals surface area contributed by atoms with Gasteiger partial charge in [-0.05, 0) is 12.8 Å². The van der Waals surface area contributed by atoms with Gasteiger partial charge in [0.05, 0.1) is 13.2 Å². The van der Waals surface area contributed by atoms with Crippen molar-refractivity contribution >= 4 is 11.5 Å². The minimum Gasteiger partial charge on any atom is -0.507 e. The second-order valence-corrected chi connectivity index (χ2v) is 6.86. The van der Waals surface area contributed by atoms with E-state index in [1.807, 2.05) is 39.0 Å². The molecule has 0 bridgehead atoms. The van der Waals surface area contributed by atoms with Crippen LogP contribution >= 0.6 is 0 Å². The van der Waals surface area contributed by atoms with Crippen molar-refractivity contribution in [1.29, 1.82) is 0 Å². The van der Waals surface area contributed by atoms with Crippen LogP contribution < -0.4 is 0 Å². The molecule has 4 nitrogen and oxygen atoms in total. The van der Waals surface area contributed by atoms with Crippen molar-refractivity contribution < 1.29 is 41.4 Å². The number of aliphatic hydroxyl groups excluding tert-OH is 1. The first-order chi connectivity index (χ1) is 11.8. The number of aliphatic hydroxyl groups is 1. The molecule has 0 fully saturated rings. The maximum atomic E-state index is 11.6. The summed E-state index contributed by atoms with van der Waals surface area (Å²) in [6.45, 7) is 11.2. The van der Waals surface area contributed by atoms with Gasteiger partial charge in [0.15, 0.2) is 5.78 Å².